The first-order valence-electron chi connectivity index (χ1n) is 4.13. The average Bonchev–Trinajstić information content (AvgIpc) is 2.16. The van der Waals surface area contributed by atoms with Crippen LogP contribution >= 0.6 is 0 Å². The van der Waals surface area contributed by atoms with Crippen molar-refractivity contribution in [2.75, 3.05) is 7.11 Å². The number of halogens is 3. The van der Waals surface area contributed by atoms with Gasteiger partial charge in [-0.15, -0.1) is 13.2 Å². The Morgan fingerprint density at radius 3 is 2.62 bits per heavy atom. The summed E-state index contributed by atoms with van der Waals surface area (Å²) >= 11 is 0. The number of nitrogens with zero attached hydrogens (tertiary/aromatic N) is 2. The molecule has 1 rings (SSSR count). The Hall–Kier alpha value is -1.97. The third-order valence-corrected chi connectivity index (χ3v) is 1.59. The molecule has 0 aliphatic carbocycles. The summed E-state index contributed by atoms with van der Waals surface area (Å²) in [5.74, 6) is -0.366. The van der Waals surface area contributed by atoms with Crippen molar-refractivity contribution in [3.8, 4) is 17.7 Å². The van der Waals surface area contributed by atoms with Crippen LogP contribution in [0.15, 0.2) is 12.1 Å². The van der Waals surface area contributed by atoms with Gasteiger partial charge in [0.15, 0.2) is 0 Å². The number of pyridine rings is 1. The predicted octanol–water partition coefficient (Wildman–Crippen LogP) is 2.05. The Kier molecular flexibility index (Phi) is 3.55. The molecule has 0 saturated carbocycles. The van der Waals surface area contributed by atoms with Crippen LogP contribution in [-0.2, 0) is 6.42 Å². The summed E-state index contributed by atoms with van der Waals surface area (Å²) in [6.07, 6.45) is -4.95. The van der Waals surface area contributed by atoms with Gasteiger partial charge in [0.05, 0.1) is 19.6 Å². The van der Waals surface area contributed by atoms with Gasteiger partial charge in [-0.1, -0.05) is 0 Å². The number of hydrogen-bond acceptors (Lipinski definition) is 4. The molecule has 0 bridgehead atoms. The Morgan fingerprint density at radius 1 is 1.44 bits per heavy atom. The lowest BCUT2D eigenvalue weighted by Crippen LogP contribution is -2.18. The lowest BCUT2D eigenvalue weighted by molar-refractivity contribution is -0.276. The largest absolute Gasteiger partial charge is 0.574 e. The van der Waals surface area contributed by atoms with Gasteiger partial charge in [0.1, 0.15) is 11.4 Å². The number of rotatable bonds is 3. The van der Waals surface area contributed by atoms with Crippen LogP contribution in [0.1, 0.15) is 5.69 Å². The maximum atomic E-state index is 11.9. The maximum Gasteiger partial charge on any atom is 0.574 e. The van der Waals surface area contributed by atoms with Gasteiger partial charge in [-0.05, 0) is 6.07 Å². The topological polar surface area (TPSA) is 55.1 Å². The van der Waals surface area contributed by atoms with E-state index in [1.165, 1.54) is 13.2 Å². The molecule has 0 aliphatic heterocycles. The summed E-state index contributed by atoms with van der Waals surface area (Å²) in [4.78, 5) is 3.53. The first kappa shape index (κ1) is 12.1. The van der Waals surface area contributed by atoms with Gasteiger partial charge in [0.2, 0.25) is 5.88 Å². The van der Waals surface area contributed by atoms with Crippen molar-refractivity contribution in [3.05, 3.63) is 17.8 Å². The van der Waals surface area contributed by atoms with Crippen LogP contribution in [0.4, 0.5) is 13.2 Å². The molecule has 0 saturated heterocycles. The molecular weight excluding hydrogens is 225 g/mol. The van der Waals surface area contributed by atoms with Crippen molar-refractivity contribution in [1.82, 2.24) is 4.98 Å². The molecule has 0 fully saturated rings. The van der Waals surface area contributed by atoms with E-state index in [9.17, 15) is 13.2 Å². The van der Waals surface area contributed by atoms with Gasteiger partial charge in [-0.25, -0.2) is 4.98 Å². The Labute approximate surface area is 89.2 Å². The predicted molar refractivity (Wildman–Crippen MR) is 46.8 cm³/mol. The second-order valence-corrected chi connectivity index (χ2v) is 2.68. The first-order chi connectivity index (χ1) is 7.46. The van der Waals surface area contributed by atoms with Gasteiger partial charge >= 0.3 is 6.36 Å². The number of methoxy groups -OCH3 is 1. The summed E-state index contributed by atoms with van der Waals surface area (Å²) in [7, 11) is 1.34. The highest BCUT2D eigenvalue weighted by atomic mass is 19.4. The lowest BCUT2D eigenvalue weighted by atomic mass is 10.2. The van der Waals surface area contributed by atoms with Crippen molar-refractivity contribution in [3.63, 3.8) is 0 Å². The van der Waals surface area contributed by atoms with Crippen molar-refractivity contribution < 1.29 is 22.6 Å². The molecule has 86 valence electrons. The van der Waals surface area contributed by atoms with E-state index in [-0.39, 0.29) is 17.9 Å². The molecular formula is C9H7F3N2O2. The summed E-state index contributed by atoms with van der Waals surface area (Å²) in [5.41, 5.74) is 0.103. The maximum absolute atomic E-state index is 11.9. The molecule has 0 spiro atoms. The normalized spacial score (nSPS) is 10.7. The highest BCUT2D eigenvalue weighted by Gasteiger charge is 2.32. The monoisotopic (exact) mass is 232 g/mol. The van der Waals surface area contributed by atoms with E-state index >= 15 is 0 Å². The highest BCUT2D eigenvalue weighted by Crippen LogP contribution is 2.25. The van der Waals surface area contributed by atoms with Crippen LogP contribution in [0.3, 0.4) is 0 Å². The quantitative estimate of drug-likeness (QED) is 0.800. The van der Waals surface area contributed by atoms with E-state index in [1.54, 1.807) is 6.07 Å². The van der Waals surface area contributed by atoms with Gasteiger partial charge in [-0.2, -0.15) is 5.26 Å². The molecule has 0 atom stereocenters. The minimum atomic E-state index is -4.80. The van der Waals surface area contributed by atoms with Crippen LogP contribution in [-0.4, -0.2) is 18.5 Å². The smallest absolute Gasteiger partial charge is 0.495 e. The van der Waals surface area contributed by atoms with Crippen LogP contribution in [0.25, 0.3) is 0 Å². The fourth-order valence-electron chi connectivity index (χ4n) is 1.03. The molecule has 4 nitrogen and oxygen atoms in total. The molecule has 1 aromatic heterocycles. The summed E-state index contributed by atoms with van der Waals surface area (Å²) in [5, 5.41) is 8.45. The molecule has 0 aromatic carbocycles. The van der Waals surface area contributed by atoms with E-state index in [2.05, 4.69) is 9.72 Å². The van der Waals surface area contributed by atoms with E-state index in [0.717, 1.165) is 6.07 Å². The second kappa shape index (κ2) is 4.70. The second-order valence-electron chi connectivity index (χ2n) is 2.68. The van der Waals surface area contributed by atoms with Crippen LogP contribution < -0.4 is 9.47 Å². The molecule has 1 aromatic rings. The standard InChI is InChI=1S/C9H7F3N2O2/c1-15-7-2-3-8(16-9(10,11)12)14-6(7)4-5-13/h2-3H,4H2,1H3. The van der Waals surface area contributed by atoms with Crippen LogP contribution in [0.2, 0.25) is 0 Å². The number of nitriles is 1. The van der Waals surface area contributed by atoms with Crippen molar-refractivity contribution in [1.29, 1.82) is 5.26 Å². The molecule has 0 radical (unpaired) electrons. The SMILES string of the molecule is COc1ccc(OC(F)(F)F)nc1CC#N. The van der Waals surface area contributed by atoms with Crippen molar-refractivity contribution in [2.24, 2.45) is 0 Å². The van der Waals surface area contributed by atoms with Crippen LogP contribution in [0.5, 0.6) is 11.6 Å². The minimum absolute atomic E-state index is 0.103. The Balaban J connectivity index is 2.98. The highest BCUT2D eigenvalue weighted by molar-refractivity contribution is 5.33. The first-order valence-corrected chi connectivity index (χ1v) is 4.13. The third-order valence-electron chi connectivity index (χ3n) is 1.59. The van der Waals surface area contributed by atoms with E-state index < -0.39 is 12.2 Å². The van der Waals surface area contributed by atoms with E-state index in [0.29, 0.717) is 0 Å². The number of ether oxygens (including phenoxy) is 2. The molecule has 7 heteroatoms. The van der Waals surface area contributed by atoms with Crippen LogP contribution in [0, 0.1) is 11.3 Å². The number of alkyl halides is 3. The molecule has 0 N–H and O–H groups in total. The van der Waals surface area contributed by atoms with E-state index in [4.69, 9.17) is 10.00 Å². The lowest BCUT2D eigenvalue weighted by Gasteiger charge is -2.10. The molecule has 0 unspecified atom stereocenters. The molecule has 1 heterocycles. The zero-order valence-corrected chi connectivity index (χ0v) is 8.21. The van der Waals surface area contributed by atoms with Gasteiger partial charge in [0, 0.05) is 6.07 Å². The van der Waals surface area contributed by atoms with Crippen molar-refractivity contribution in [2.45, 2.75) is 12.8 Å². The Bertz CT molecular complexity index is 412. The fourth-order valence-corrected chi connectivity index (χ4v) is 1.03. The summed E-state index contributed by atoms with van der Waals surface area (Å²) in [6.45, 7) is 0. The third kappa shape index (κ3) is 3.31. The van der Waals surface area contributed by atoms with Crippen molar-refractivity contribution >= 4 is 0 Å². The summed E-state index contributed by atoms with van der Waals surface area (Å²) in [6, 6.07) is 4.06. The van der Waals surface area contributed by atoms with Gasteiger partial charge in [-0.3, -0.25) is 0 Å². The number of aromatic nitrogens is 1. The minimum Gasteiger partial charge on any atom is -0.495 e. The van der Waals surface area contributed by atoms with Gasteiger partial charge in [0.25, 0.3) is 0 Å². The molecule has 0 aliphatic rings. The zero-order chi connectivity index (χ0) is 12.2. The summed E-state index contributed by atoms with van der Waals surface area (Å²) < 4.78 is 44.1. The fraction of sp³-hybridized carbons (Fsp3) is 0.333. The molecule has 16 heavy (non-hydrogen) atoms. The van der Waals surface area contributed by atoms with E-state index in [1.807, 2.05) is 0 Å². The average molecular weight is 232 g/mol. The van der Waals surface area contributed by atoms with Gasteiger partial charge < -0.3 is 9.47 Å². The molecule has 0 amide bonds. The zero-order valence-electron chi connectivity index (χ0n) is 8.21. The number of hydrogen-bond donors (Lipinski definition) is 0. The Morgan fingerprint density at radius 2 is 2.12 bits per heavy atom.